The molecule has 0 N–H and O–H groups in total. The van der Waals surface area contributed by atoms with Gasteiger partial charge in [0.25, 0.3) is 0 Å². The monoisotopic (exact) mass is 192 g/mol. The third-order valence-electron chi connectivity index (χ3n) is 0. The van der Waals surface area contributed by atoms with Crippen molar-refractivity contribution in [2.45, 2.75) is 25.5 Å². The molecule has 0 heterocycles. The Bertz CT molecular complexity index is 27.2. The van der Waals surface area contributed by atoms with Gasteiger partial charge in [-0.3, -0.25) is 0 Å². The van der Waals surface area contributed by atoms with Gasteiger partial charge < -0.3 is 29.6 Å². The molecule has 0 spiro atoms. The SMILES string of the molecule is CC(C)(C)[S-].[Br-].[Mg+2]. The van der Waals surface area contributed by atoms with Crippen LogP contribution >= 0.6 is 0 Å². The van der Waals surface area contributed by atoms with Gasteiger partial charge in [0.1, 0.15) is 0 Å². The van der Waals surface area contributed by atoms with Crippen LogP contribution in [0.25, 0.3) is 0 Å². The van der Waals surface area contributed by atoms with E-state index in [1.54, 1.807) is 0 Å². The number of halogens is 1. The van der Waals surface area contributed by atoms with Crippen LogP contribution in [0.4, 0.5) is 0 Å². The first-order valence-electron chi connectivity index (χ1n) is 1.70. The molecule has 0 atom stereocenters. The maximum Gasteiger partial charge on any atom is 2.00 e. The van der Waals surface area contributed by atoms with Gasteiger partial charge in [-0.2, -0.15) is 4.75 Å². The Morgan fingerprint density at radius 2 is 1.14 bits per heavy atom. The fraction of sp³-hybridized carbons (Fsp3) is 1.00. The van der Waals surface area contributed by atoms with Gasteiger partial charge in [0.15, 0.2) is 0 Å². The molecule has 0 aliphatic carbocycles. The summed E-state index contributed by atoms with van der Waals surface area (Å²) in [5.41, 5.74) is 0. The van der Waals surface area contributed by atoms with E-state index in [0.29, 0.717) is 0 Å². The molecule has 0 aromatic carbocycles. The van der Waals surface area contributed by atoms with E-state index in [1.807, 2.05) is 20.8 Å². The fourth-order valence-electron chi connectivity index (χ4n) is 0. The molecule has 0 aromatic heterocycles. The smallest absolute Gasteiger partial charge is 1.00 e. The first-order chi connectivity index (χ1) is 2.00. The van der Waals surface area contributed by atoms with Crippen LogP contribution in [0.1, 0.15) is 20.8 Å². The molecule has 0 fully saturated rings. The van der Waals surface area contributed by atoms with Crippen LogP contribution in [0.15, 0.2) is 0 Å². The molecular formula is C4H9BrMgS. The molecule has 0 unspecified atom stereocenters. The molecule has 0 aliphatic heterocycles. The Labute approximate surface area is 77.8 Å². The summed E-state index contributed by atoms with van der Waals surface area (Å²) in [5.74, 6) is 0. The van der Waals surface area contributed by atoms with E-state index in [4.69, 9.17) is 12.6 Å². The molecule has 0 radical (unpaired) electrons. The largest absolute Gasteiger partial charge is 2.00 e. The first-order valence-corrected chi connectivity index (χ1v) is 2.11. The Balaban J connectivity index is -0.0000000800. The van der Waals surface area contributed by atoms with Crippen molar-refractivity contribution in [1.29, 1.82) is 0 Å². The van der Waals surface area contributed by atoms with Crippen molar-refractivity contribution in [3.05, 3.63) is 0 Å². The van der Waals surface area contributed by atoms with Crippen molar-refractivity contribution in [2.75, 3.05) is 0 Å². The number of hydrogen-bond donors (Lipinski definition) is 0. The molecule has 0 rings (SSSR count). The van der Waals surface area contributed by atoms with Crippen LogP contribution in [-0.2, 0) is 12.6 Å². The van der Waals surface area contributed by atoms with Crippen molar-refractivity contribution in [3.63, 3.8) is 0 Å². The average Bonchev–Trinajstić information content (AvgIpc) is 0.722. The second-order valence-electron chi connectivity index (χ2n) is 2.11. The summed E-state index contributed by atoms with van der Waals surface area (Å²) in [6.45, 7) is 6.01. The molecule has 0 saturated carbocycles. The Morgan fingerprint density at radius 3 is 1.14 bits per heavy atom. The Hall–Kier alpha value is 1.60. The van der Waals surface area contributed by atoms with Gasteiger partial charge in [-0.1, -0.05) is 20.8 Å². The van der Waals surface area contributed by atoms with E-state index >= 15 is 0 Å². The third kappa shape index (κ3) is 93.4. The Morgan fingerprint density at radius 1 is 1.14 bits per heavy atom. The van der Waals surface area contributed by atoms with Crippen LogP contribution in [0.3, 0.4) is 0 Å². The van der Waals surface area contributed by atoms with Gasteiger partial charge in [0, 0.05) is 0 Å². The fourth-order valence-corrected chi connectivity index (χ4v) is 0. The second kappa shape index (κ2) is 5.73. The van der Waals surface area contributed by atoms with E-state index < -0.39 is 0 Å². The Kier molecular flexibility index (Phi) is 13.0. The van der Waals surface area contributed by atoms with Crippen molar-refractivity contribution in [2.24, 2.45) is 0 Å². The number of hydrogen-bond acceptors (Lipinski definition) is 1. The van der Waals surface area contributed by atoms with Gasteiger partial charge >= 0.3 is 23.1 Å². The summed E-state index contributed by atoms with van der Waals surface area (Å²) in [5, 5.41) is 0. The van der Waals surface area contributed by atoms with Crippen LogP contribution in [-0.4, -0.2) is 27.8 Å². The summed E-state index contributed by atoms with van der Waals surface area (Å²) in [4.78, 5) is 0. The van der Waals surface area contributed by atoms with Crippen LogP contribution in [0.5, 0.6) is 0 Å². The quantitative estimate of drug-likeness (QED) is 0.315. The molecule has 40 valence electrons. The zero-order chi connectivity index (χ0) is 4.50. The minimum Gasteiger partial charge on any atom is -1.00 e. The summed E-state index contributed by atoms with van der Waals surface area (Å²) < 4.78 is 0.0833. The maximum atomic E-state index is 4.83. The van der Waals surface area contributed by atoms with Gasteiger partial charge in [-0.25, -0.2) is 0 Å². The normalized spacial score (nSPS) is 8.57. The molecule has 0 aliphatic rings. The van der Waals surface area contributed by atoms with Gasteiger partial charge in [0.05, 0.1) is 0 Å². The summed E-state index contributed by atoms with van der Waals surface area (Å²) >= 11 is 4.83. The summed E-state index contributed by atoms with van der Waals surface area (Å²) in [6.07, 6.45) is 0. The third-order valence-corrected chi connectivity index (χ3v) is 0. The number of rotatable bonds is 0. The van der Waals surface area contributed by atoms with Crippen LogP contribution < -0.4 is 17.0 Å². The van der Waals surface area contributed by atoms with E-state index in [-0.39, 0.29) is 44.8 Å². The maximum absolute atomic E-state index is 4.83. The minimum absolute atomic E-state index is 0. The van der Waals surface area contributed by atoms with Crippen molar-refractivity contribution in [3.8, 4) is 0 Å². The molecule has 3 heteroatoms. The van der Waals surface area contributed by atoms with Gasteiger partial charge in [-0.05, 0) is 0 Å². The predicted molar refractivity (Wildman–Crippen MR) is 32.9 cm³/mol. The zero-order valence-electron chi connectivity index (χ0n) is 4.99. The van der Waals surface area contributed by atoms with Gasteiger partial charge in [0.2, 0.25) is 0 Å². The topological polar surface area (TPSA) is 0 Å². The van der Waals surface area contributed by atoms with Crippen molar-refractivity contribution >= 4 is 35.7 Å². The molecule has 0 nitrogen and oxygen atoms in total. The molecule has 0 bridgehead atoms. The van der Waals surface area contributed by atoms with E-state index in [9.17, 15) is 0 Å². The summed E-state index contributed by atoms with van der Waals surface area (Å²) in [7, 11) is 0. The molecule has 7 heavy (non-hydrogen) atoms. The summed E-state index contributed by atoms with van der Waals surface area (Å²) in [6, 6.07) is 0. The van der Waals surface area contributed by atoms with Crippen LogP contribution in [0.2, 0.25) is 0 Å². The van der Waals surface area contributed by atoms with E-state index in [1.165, 1.54) is 0 Å². The minimum atomic E-state index is 0. The van der Waals surface area contributed by atoms with E-state index in [2.05, 4.69) is 0 Å². The zero-order valence-corrected chi connectivity index (χ0v) is 8.81. The molecular weight excluding hydrogens is 184 g/mol. The van der Waals surface area contributed by atoms with Crippen molar-refractivity contribution in [1.82, 2.24) is 0 Å². The van der Waals surface area contributed by atoms with Crippen molar-refractivity contribution < 1.29 is 17.0 Å². The molecule has 0 aromatic rings. The second-order valence-corrected chi connectivity index (χ2v) is 3.34. The standard InChI is InChI=1S/C4H10S.BrH.Mg/c1-4(2,3)5;;/h5H,1-3H3;1H;/q;;+2/p-2. The molecule has 0 amide bonds. The van der Waals surface area contributed by atoms with Crippen LogP contribution in [0, 0.1) is 0 Å². The first kappa shape index (κ1) is 15.8. The average molecular weight is 193 g/mol. The predicted octanol–water partition coefficient (Wildman–Crippen LogP) is -2.04. The molecule has 0 saturated heterocycles. The van der Waals surface area contributed by atoms with Gasteiger partial charge in [-0.15, -0.1) is 0 Å². The van der Waals surface area contributed by atoms with E-state index in [0.717, 1.165) is 0 Å².